The van der Waals surface area contributed by atoms with E-state index in [1.165, 1.54) is 4.68 Å². The number of hydrogen-bond acceptors (Lipinski definition) is 5. The normalized spacial score (nSPS) is 11.9. The molecule has 0 aliphatic rings. The third-order valence-electron chi connectivity index (χ3n) is 4.30. The van der Waals surface area contributed by atoms with Gasteiger partial charge in [0.25, 0.3) is 0 Å². The van der Waals surface area contributed by atoms with E-state index in [-0.39, 0.29) is 5.28 Å². The highest BCUT2D eigenvalue weighted by Crippen LogP contribution is 2.32. The first-order valence-electron chi connectivity index (χ1n) is 8.50. The fourth-order valence-electron chi connectivity index (χ4n) is 2.90. The lowest BCUT2D eigenvalue weighted by Crippen LogP contribution is -2.14. The van der Waals surface area contributed by atoms with Gasteiger partial charge in [-0.25, -0.2) is 14.3 Å². The van der Waals surface area contributed by atoms with Crippen LogP contribution in [-0.2, 0) is 12.7 Å². The predicted molar refractivity (Wildman–Crippen MR) is 102 cm³/mol. The van der Waals surface area contributed by atoms with Crippen LogP contribution in [0.5, 0.6) is 0 Å². The van der Waals surface area contributed by atoms with Gasteiger partial charge in [-0.3, -0.25) is 0 Å². The van der Waals surface area contributed by atoms with Gasteiger partial charge in [0.15, 0.2) is 11.3 Å². The van der Waals surface area contributed by atoms with Crippen molar-refractivity contribution in [1.29, 1.82) is 0 Å². The molecule has 0 aliphatic carbocycles. The number of anilines is 1. The lowest BCUT2D eigenvalue weighted by atomic mass is 10.2. The van der Waals surface area contributed by atoms with Crippen LogP contribution in [0.3, 0.4) is 0 Å². The molecule has 0 aliphatic heterocycles. The first-order valence-corrected chi connectivity index (χ1v) is 8.88. The van der Waals surface area contributed by atoms with Crippen molar-refractivity contribution in [3.05, 3.63) is 59.3 Å². The van der Waals surface area contributed by atoms with Crippen LogP contribution >= 0.6 is 11.6 Å². The average molecular weight is 422 g/mol. The van der Waals surface area contributed by atoms with E-state index in [0.29, 0.717) is 23.7 Å². The summed E-state index contributed by atoms with van der Waals surface area (Å²) in [4.78, 5) is 9.68. The highest BCUT2D eigenvalue weighted by Gasteiger charge is 2.35. The molecule has 0 spiro atoms. The second-order valence-electron chi connectivity index (χ2n) is 6.58. The van der Waals surface area contributed by atoms with E-state index >= 15 is 0 Å². The third-order valence-corrected chi connectivity index (χ3v) is 4.48. The molecule has 29 heavy (non-hydrogen) atoms. The molecule has 150 valence electrons. The standard InChI is InChI=1S/C18H15ClF3N7/c1-27(2)15-7-14(18(20,21)22)26-29(15)13-5-3-11(4-6-13)10-28-16-12(9-24-28)8-23-17(19)25-16/h3-9H,10H2,1-2H3. The summed E-state index contributed by atoms with van der Waals surface area (Å²) in [6.45, 7) is 0.421. The van der Waals surface area contributed by atoms with Crippen molar-refractivity contribution in [2.24, 2.45) is 0 Å². The maximum Gasteiger partial charge on any atom is 0.435 e. The molecule has 0 amide bonds. The van der Waals surface area contributed by atoms with E-state index in [1.54, 1.807) is 60.3 Å². The maximum absolute atomic E-state index is 13.1. The Kier molecular flexibility index (Phi) is 4.65. The van der Waals surface area contributed by atoms with Gasteiger partial charge in [0.05, 0.1) is 23.8 Å². The molecule has 0 bridgehead atoms. The molecule has 4 rings (SSSR count). The molecule has 4 aromatic rings. The van der Waals surface area contributed by atoms with E-state index in [4.69, 9.17) is 11.6 Å². The minimum atomic E-state index is -4.51. The van der Waals surface area contributed by atoms with Crippen molar-refractivity contribution in [3.63, 3.8) is 0 Å². The largest absolute Gasteiger partial charge is 0.435 e. The lowest BCUT2D eigenvalue weighted by Gasteiger charge is -2.14. The first kappa shape index (κ1) is 19.2. The van der Waals surface area contributed by atoms with E-state index < -0.39 is 11.9 Å². The summed E-state index contributed by atoms with van der Waals surface area (Å²) < 4.78 is 42.2. The second-order valence-corrected chi connectivity index (χ2v) is 6.92. The van der Waals surface area contributed by atoms with E-state index in [1.807, 2.05) is 0 Å². The van der Waals surface area contributed by atoms with E-state index in [2.05, 4.69) is 20.2 Å². The molecule has 0 radical (unpaired) electrons. The number of hydrogen-bond donors (Lipinski definition) is 0. The molecular weight excluding hydrogens is 407 g/mol. The first-order chi connectivity index (χ1) is 13.7. The number of nitrogens with zero attached hydrogens (tertiary/aromatic N) is 7. The van der Waals surface area contributed by atoms with Crippen LogP contribution in [0.15, 0.2) is 42.7 Å². The summed E-state index contributed by atoms with van der Waals surface area (Å²) in [6.07, 6.45) is -1.28. The van der Waals surface area contributed by atoms with Gasteiger partial charge in [-0.2, -0.15) is 28.4 Å². The third kappa shape index (κ3) is 3.75. The van der Waals surface area contributed by atoms with Crippen LogP contribution in [0.2, 0.25) is 5.28 Å². The molecule has 7 nitrogen and oxygen atoms in total. The van der Waals surface area contributed by atoms with E-state index in [9.17, 15) is 13.2 Å². The number of halogens is 4. The van der Waals surface area contributed by atoms with Crippen LogP contribution < -0.4 is 4.90 Å². The predicted octanol–water partition coefficient (Wildman–Crippen LogP) is 3.80. The zero-order valence-corrected chi connectivity index (χ0v) is 16.1. The Labute approximate surface area is 168 Å². The Morgan fingerprint density at radius 1 is 1.10 bits per heavy atom. The van der Waals surface area contributed by atoms with Gasteiger partial charge >= 0.3 is 6.18 Å². The molecule has 0 atom stereocenters. The highest BCUT2D eigenvalue weighted by atomic mass is 35.5. The summed E-state index contributed by atoms with van der Waals surface area (Å²) >= 11 is 5.86. The summed E-state index contributed by atoms with van der Waals surface area (Å²) in [7, 11) is 3.33. The summed E-state index contributed by atoms with van der Waals surface area (Å²) in [5.41, 5.74) is 1.07. The van der Waals surface area contributed by atoms with Crippen LogP contribution in [-0.4, -0.2) is 43.6 Å². The Balaban J connectivity index is 1.64. The second kappa shape index (κ2) is 7.03. The maximum atomic E-state index is 13.1. The van der Waals surface area contributed by atoms with E-state index in [0.717, 1.165) is 17.0 Å². The van der Waals surface area contributed by atoms with Gasteiger partial charge in [0, 0.05) is 26.4 Å². The molecule has 0 saturated heterocycles. The van der Waals surface area contributed by atoms with Crippen molar-refractivity contribution in [1.82, 2.24) is 29.5 Å². The molecule has 3 aromatic heterocycles. The van der Waals surface area contributed by atoms with Crippen molar-refractivity contribution >= 4 is 28.5 Å². The molecule has 0 saturated carbocycles. The van der Waals surface area contributed by atoms with Crippen LogP contribution in [0, 0.1) is 0 Å². The minimum absolute atomic E-state index is 0.130. The Bertz CT molecular complexity index is 1160. The Hall–Kier alpha value is -3.14. The Morgan fingerprint density at radius 3 is 2.48 bits per heavy atom. The highest BCUT2D eigenvalue weighted by molar-refractivity contribution is 6.28. The van der Waals surface area contributed by atoms with Crippen LogP contribution in [0.25, 0.3) is 16.7 Å². The summed E-state index contributed by atoms with van der Waals surface area (Å²) in [6, 6.07) is 8.06. The fraction of sp³-hybridized carbons (Fsp3) is 0.222. The van der Waals surface area contributed by atoms with Crippen molar-refractivity contribution < 1.29 is 13.2 Å². The lowest BCUT2D eigenvalue weighted by molar-refractivity contribution is -0.141. The van der Waals surface area contributed by atoms with Gasteiger partial charge < -0.3 is 4.90 Å². The summed E-state index contributed by atoms with van der Waals surface area (Å²) in [5, 5.41) is 8.91. The molecule has 3 heterocycles. The number of benzene rings is 1. The molecular formula is C18H15ClF3N7. The number of rotatable bonds is 4. The van der Waals surface area contributed by atoms with Crippen molar-refractivity contribution in [3.8, 4) is 5.69 Å². The van der Waals surface area contributed by atoms with Gasteiger partial charge in [-0.1, -0.05) is 12.1 Å². The zero-order chi connectivity index (χ0) is 20.8. The topological polar surface area (TPSA) is 64.7 Å². The summed E-state index contributed by atoms with van der Waals surface area (Å²) in [5.74, 6) is 0.328. The van der Waals surface area contributed by atoms with Crippen molar-refractivity contribution in [2.45, 2.75) is 12.7 Å². The number of alkyl halides is 3. The van der Waals surface area contributed by atoms with Gasteiger partial charge in [0.1, 0.15) is 5.82 Å². The van der Waals surface area contributed by atoms with Gasteiger partial charge in [0.2, 0.25) is 5.28 Å². The number of fused-ring (bicyclic) bond motifs is 1. The average Bonchev–Trinajstić information content (AvgIpc) is 3.27. The molecule has 0 fully saturated rings. The zero-order valence-electron chi connectivity index (χ0n) is 15.4. The number of aromatic nitrogens is 6. The molecule has 0 unspecified atom stereocenters. The van der Waals surface area contributed by atoms with Gasteiger partial charge in [-0.15, -0.1) is 0 Å². The van der Waals surface area contributed by atoms with Crippen LogP contribution in [0.1, 0.15) is 11.3 Å². The quantitative estimate of drug-likeness (QED) is 0.469. The van der Waals surface area contributed by atoms with Gasteiger partial charge in [-0.05, 0) is 29.3 Å². The SMILES string of the molecule is CN(C)c1cc(C(F)(F)F)nn1-c1ccc(Cn2ncc3cnc(Cl)nc32)cc1. The smallest absolute Gasteiger partial charge is 0.363 e. The Morgan fingerprint density at radius 2 is 1.83 bits per heavy atom. The fourth-order valence-corrected chi connectivity index (χ4v) is 3.02. The molecule has 0 N–H and O–H groups in total. The van der Waals surface area contributed by atoms with Crippen LogP contribution in [0.4, 0.5) is 19.0 Å². The van der Waals surface area contributed by atoms with Crippen molar-refractivity contribution in [2.75, 3.05) is 19.0 Å². The monoisotopic (exact) mass is 421 g/mol. The minimum Gasteiger partial charge on any atom is -0.363 e. The molecule has 1 aromatic carbocycles. The molecule has 11 heteroatoms.